The second-order valence-electron chi connectivity index (χ2n) is 7.50. The summed E-state index contributed by atoms with van der Waals surface area (Å²) in [6.07, 6.45) is 3.95. The maximum absolute atomic E-state index is 12.6. The molecule has 1 unspecified atom stereocenters. The van der Waals surface area contributed by atoms with E-state index >= 15 is 0 Å². The Labute approximate surface area is 150 Å². The first kappa shape index (κ1) is 17.0. The van der Waals surface area contributed by atoms with Gasteiger partial charge >= 0.3 is 0 Å². The van der Waals surface area contributed by atoms with Gasteiger partial charge in [0.25, 0.3) is 0 Å². The van der Waals surface area contributed by atoms with Crippen LogP contribution in [0.3, 0.4) is 0 Å². The summed E-state index contributed by atoms with van der Waals surface area (Å²) in [5, 5.41) is 3.30. The number of nitrogens with one attached hydrogen (secondary N) is 1. The van der Waals surface area contributed by atoms with Crippen molar-refractivity contribution in [1.29, 1.82) is 0 Å². The molecule has 0 bridgehead atoms. The number of carbonyl (C=O) groups excluding carboxylic acids is 1. The predicted molar refractivity (Wildman–Crippen MR) is 97.6 cm³/mol. The van der Waals surface area contributed by atoms with Gasteiger partial charge in [-0.2, -0.15) is 0 Å². The van der Waals surface area contributed by atoms with Crippen LogP contribution in [0.15, 0.2) is 24.3 Å². The van der Waals surface area contributed by atoms with Gasteiger partial charge < -0.3 is 15.0 Å². The van der Waals surface area contributed by atoms with Crippen molar-refractivity contribution in [2.75, 3.05) is 45.9 Å². The molecule has 0 spiro atoms. The number of ether oxygens (including phenoxy) is 1. The Morgan fingerprint density at radius 2 is 1.92 bits per heavy atom. The van der Waals surface area contributed by atoms with Crippen molar-refractivity contribution in [2.24, 2.45) is 0 Å². The minimum atomic E-state index is 0.0462. The standard InChI is InChI=1S/C20H29N3O2/c24-20(14-19-15-21-6-11-25-19)23-8-3-7-22(9-10-23)18-12-16-4-1-2-5-17(16)13-18/h1-2,4-5,18-19,21H,3,6-15H2. The Hall–Kier alpha value is -1.43. The van der Waals surface area contributed by atoms with Crippen LogP contribution < -0.4 is 5.32 Å². The zero-order valence-electron chi connectivity index (χ0n) is 15.0. The van der Waals surface area contributed by atoms with E-state index < -0.39 is 0 Å². The first-order chi connectivity index (χ1) is 12.3. The van der Waals surface area contributed by atoms with E-state index in [0.29, 0.717) is 19.1 Å². The molecule has 4 rings (SSSR count). The van der Waals surface area contributed by atoms with E-state index in [1.807, 2.05) is 0 Å². The monoisotopic (exact) mass is 343 g/mol. The number of benzene rings is 1. The second-order valence-corrected chi connectivity index (χ2v) is 7.50. The van der Waals surface area contributed by atoms with Crippen LogP contribution in [0.4, 0.5) is 0 Å². The maximum atomic E-state index is 12.6. The third-order valence-corrected chi connectivity index (χ3v) is 5.84. The SMILES string of the molecule is O=C(CC1CNCCO1)N1CCCN(C2Cc3ccccc3C2)CC1. The Balaban J connectivity index is 1.29. The molecule has 1 N–H and O–H groups in total. The smallest absolute Gasteiger partial charge is 0.225 e. The van der Waals surface area contributed by atoms with E-state index in [9.17, 15) is 4.79 Å². The number of carbonyl (C=O) groups is 1. The molecule has 1 aliphatic carbocycles. The maximum Gasteiger partial charge on any atom is 0.225 e. The van der Waals surface area contributed by atoms with Crippen molar-refractivity contribution in [3.63, 3.8) is 0 Å². The summed E-state index contributed by atoms with van der Waals surface area (Å²) in [7, 11) is 0. The van der Waals surface area contributed by atoms with Crippen molar-refractivity contribution in [2.45, 2.75) is 37.8 Å². The lowest BCUT2D eigenvalue weighted by molar-refractivity contribution is -0.134. The van der Waals surface area contributed by atoms with E-state index in [1.54, 1.807) is 0 Å². The molecule has 2 fully saturated rings. The Bertz CT molecular complexity index is 575. The Morgan fingerprint density at radius 1 is 1.12 bits per heavy atom. The van der Waals surface area contributed by atoms with Gasteiger partial charge in [-0.25, -0.2) is 0 Å². The van der Waals surface area contributed by atoms with Gasteiger partial charge in [0.2, 0.25) is 5.91 Å². The summed E-state index contributed by atoms with van der Waals surface area (Å²) >= 11 is 0. The fourth-order valence-electron chi connectivity index (χ4n) is 4.42. The lowest BCUT2D eigenvalue weighted by Crippen LogP contribution is -2.44. The quantitative estimate of drug-likeness (QED) is 0.892. The van der Waals surface area contributed by atoms with Gasteiger partial charge in [0, 0.05) is 45.3 Å². The minimum absolute atomic E-state index is 0.0462. The highest BCUT2D eigenvalue weighted by Gasteiger charge is 2.29. The highest BCUT2D eigenvalue weighted by molar-refractivity contribution is 5.76. The van der Waals surface area contributed by atoms with Crippen LogP contribution in [0.25, 0.3) is 0 Å². The number of nitrogens with zero attached hydrogens (tertiary/aromatic N) is 2. The van der Waals surface area contributed by atoms with Gasteiger partial charge in [-0.1, -0.05) is 24.3 Å². The number of hydrogen-bond donors (Lipinski definition) is 1. The van der Waals surface area contributed by atoms with Crippen molar-refractivity contribution in [3.05, 3.63) is 35.4 Å². The molecule has 5 heteroatoms. The van der Waals surface area contributed by atoms with Gasteiger partial charge in [0.05, 0.1) is 19.1 Å². The van der Waals surface area contributed by atoms with Gasteiger partial charge in [-0.15, -0.1) is 0 Å². The molecule has 1 aromatic rings. The third kappa shape index (κ3) is 4.05. The first-order valence-electron chi connectivity index (χ1n) is 9.70. The van der Waals surface area contributed by atoms with Gasteiger partial charge in [-0.3, -0.25) is 9.69 Å². The zero-order chi connectivity index (χ0) is 17.1. The van der Waals surface area contributed by atoms with Gasteiger partial charge in [-0.05, 0) is 30.4 Å². The topological polar surface area (TPSA) is 44.8 Å². The van der Waals surface area contributed by atoms with E-state index in [0.717, 1.165) is 58.5 Å². The van der Waals surface area contributed by atoms with Crippen LogP contribution in [0, 0.1) is 0 Å². The van der Waals surface area contributed by atoms with Gasteiger partial charge in [0.15, 0.2) is 0 Å². The summed E-state index contributed by atoms with van der Waals surface area (Å²) in [4.78, 5) is 17.3. The summed E-state index contributed by atoms with van der Waals surface area (Å²) in [6.45, 7) is 6.24. The molecule has 2 aliphatic heterocycles. The number of fused-ring (bicyclic) bond motifs is 1. The molecule has 25 heavy (non-hydrogen) atoms. The molecule has 0 radical (unpaired) electrons. The third-order valence-electron chi connectivity index (χ3n) is 5.84. The number of rotatable bonds is 3. The van der Waals surface area contributed by atoms with E-state index in [-0.39, 0.29) is 12.0 Å². The normalized spacial score (nSPS) is 25.6. The predicted octanol–water partition coefficient (Wildman–Crippen LogP) is 1.07. The summed E-state index contributed by atoms with van der Waals surface area (Å²) in [6, 6.07) is 9.43. The molecule has 1 aromatic carbocycles. The lowest BCUT2D eigenvalue weighted by atomic mass is 10.1. The average molecular weight is 343 g/mol. The molecule has 136 valence electrons. The molecule has 1 atom stereocenters. The molecule has 0 aromatic heterocycles. The van der Waals surface area contributed by atoms with Crippen molar-refractivity contribution in [3.8, 4) is 0 Å². The number of amides is 1. The molecule has 3 aliphatic rings. The van der Waals surface area contributed by atoms with Crippen LogP contribution in [0.1, 0.15) is 24.0 Å². The average Bonchev–Trinajstić information content (AvgIpc) is 2.91. The molecule has 0 saturated carbocycles. The zero-order valence-corrected chi connectivity index (χ0v) is 15.0. The minimum Gasteiger partial charge on any atom is -0.375 e. The highest BCUT2D eigenvalue weighted by Crippen LogP contribution is 2.26. The molecular formula is C20H29N3O2. The first-order valence-corrected chi connectivity index (χ1v) is 9.70. The van der Waals surface area contributed by atoms with Crippen molar-refractivity contribution < 1.29 is 9.53 Å². The summed E-state index contributed by atoms with van der Waals surface area (Å²) < 4.78 is 5.69. The van der Waals surface area contributed by atoms with Crippen molar-refractivity contribution >= 4 is 5.91 Å². The molecule has 5 nitrogen and oxygen atoms in total. The van der Waals surface area contributed by atoms with Crippen LogP contribution in [0.5, 0.6) is 0 Å². The highest BCUT2D eigenvalue weighted by atomic mass is 16.5. The lowest BCUT2D eigenvalue weighted by Gasteiger charge is -2.28. The van der Waals surface area contributed by atoms with E-state index in [1.165, 1.54) is 11.1 Å². The van der Waals surface area contributed by atoms with E-state index in [2.05, 4.69) is 39.4 Å². The summed E-state index contributed by atoms with van der Waals surface area (Å²) in [5.41, 5.74) is 3.01. The largest absolute Gasteiger partial charge is 0.375 e. The fourth-order valence-corrected chi connectivity index (χ4v) is 4.42. The van der Waals surface area contributed by atoms with Crippen molar-refractivity contribution in [1.82, 2.24) is 15.1 Å². The fraction of sp³-hybridized carbons (Fsp3) is 0.650. The summed E-state index contributed by atoms with van der Waals surface area (Å²) in [5.74, 6) is 0.255. The van der Waals surface area contributed by atoms with Crippen LogP contribution in [0.2, 0.25) is 0 Å². The van der Waals surface area contributed by atoms with E-state index in [4.69, 9.17) is 4.74 Å². The van der Waals surface area contributed by atoms with Crippen LogP contribution >= 0.6 is 0 Å². The molecule has 1 amide bonds. The van der Waals surface area contributed by atoms with Gasteiger partial charge in [0.1, 0.15) is 0 Å². The molecule has 2 saturated heterocycles. The van der Waals surface area contributed by atoms with Crippen LogP contribution in [-0.2, 0) is 22.4 Å². The second kappa shape index (κ2) is 7.85. The molecule has 2 heterocycles. The Kier molecular flexibility index (Phi) is 5.34. The Morgan fingerprint density at radius 3 is 2.64 bits per heavy atom. The number of morpholine rings is 1. The molecular weight excluding hydrogens is 314 g/mol. The van der Waals surface area contributed by atoms with Crippen LogP contribution in [-0.4, -0.2) is 73.7 Å². The number of hydrogen-bond acceptors (Lipinski definition) is 4.